The van der Waals surface area contributed by atoms with Crippen LogP contribution in [0.25, 0.3) is 0 Å². The SMILES string of the molecule is CCNC(=NCCCc1nc(C)cs1)N1CCC(OCC)CC1. The van der Waals surface area contributed by atoms with Gasteiger partial charge in [0.05, 0.1) is 11.1 Å². The van der Waals surface area contributed by atoms with E-state index in [1.165, 1.54) is 5.01 Å². The fraction of sp³-hybridized carbons (Fsp3) is 0.765. The highest BCUT2D eigenvalue weighted by molar-refractivity contribution is 7.09. The number of thiazole rings is 1. The highest BCUT2D eigenvalue weighted by Crippen LogP contribution is 2.14. The van der Waals surface area contributed by atoms with Gasteiger partial charge in [0, 0.05) is 50.3 Å². The summed E-state index contributed by atoms with van der Waals surface area (Å²) in [7, 11) is 0. The fourth-order valence-corrected chi connectivity index (χ4v) is 3.65. The van der Waals surface area contributed by atoms with Crippen LogP contribution in [0.3, 0.4) is 0 Å². The lowest BCUT2D eigenvalue weighted by Gasteiger charge is -2.34. The van der Waals surface area contributed by atoms with Crippen LogP contribution in [0.15, 0.2) is 10.4 Å². The standard InChI is InChI=1S/C17H30N4OS/c1-4-18-17(21-11-8-15(9-12-21)22-5-2)19-10-6-7-16-20-14(3)13-23-16/h13,15H,4-12H2,1-3H3,(H,18,19). The molecular formula is C17H30N4OS. The number of ether oxygens (including phenoxy) is 1. The third kappa shape index (κ3) is 6.11. The van der Waals surface area contributed by atoms with E-state index >= 15 is 0 Å². The van der Waals surface area contributed by atoms with E-state index in [9.17, 15) is 0 Å². The number of aryl methyl sites for hydroxylation is 2. The third-order valence-corrected chi connectivity index (χ3v) is 4.98. The Kier molecular flexibility index (Phi) is 7.82. The van der Waals surface area contributed by atoms with Crippen molar-refractivity contribution in [1.82, 2.24) is 15.2 Å². The number of nitrogens with zero attached hydrogens (tertiary/aromatic N) is 3. The molecule has 23 heavy (non-hydrogen) atoms. The molecule has 0 aliphatic carbocycles. The molecule has 1 aliphatic rings. The first-order valence-electron chi connectivity index (χ1n) is 8.78. The maximum Gasteiger partial charge on any atom is 0.193 e. The van der Waals surface area contributed by atoms with E-state index < -0.39 is 0 Å². The normalized spacial score (nSPS) is 16.8. The van der Waals surface area contributed by atoms with Gasteiger partial charge < -0.3 is 15.0 Å². The van der Waals surface area contributed by atoms with Crippen LogP contribution in [0.5, 0.6) is 0 Å². The molecule has 1 aromatic heterocycles. The lowest BCUT2D eigenvalue weighted by atomic mass is 10.1. The molecule has 130 valence electrons. The topological polar surface area (TPSA) is 49.8 Å². The predicted octanol–water partition coefficient (Wildman–Crippen LogP) is 2.85. The second-order valence-corrected chi connectivity index (χ2v) is 6.81. The Hall–Kier alpha value is -1.14. The number of likely N-dealkylation sites (tertiary alicyclic amines) is 1. The zero-order valence-corrected chi connectivity index (χ0v) is 15.5. The van der Waals surface area contributed by atoms with E-state index in [0.29, 0.717) is 6.10 Å². The molecule has 0 atom stereocenters. The number of nitrogens with one attached hydrogen (secondary N) is 1. The second kappa shape index (κ2) is 9.88. The number of aliphatic imine (C=N–C) groups is 1. The van der Waals surface area contributed by atoms with Gasteiger partial charge in [0.1, 0.15) is 0 Å². The molecular weight excluding hydrogens is 308 g/mol. The van der Waals surface area contributed by atoms with E-state index in [1.54, 1.807) is 11.3 Å². The van der Waals surface area contributed by atoms with E-state index in [0.717, 1.165) is 70.1 Å². The zero-order chi connectivity index (χ0) is 16.5. The lowest BCUT2D eigenvalue weighted by Crippen LogP contribution is -2.47. The van der Waals surface area contributed by atoms with Crippen LogP contribution in [0.4, 0.5) is 0 Å². The number of hydrogen-bond donors (Lipinski definition) is 1. The minimum atomic E-state index is 0.423. The molecule has 1 aliphatic heterocycles. The van der Waals surface area contributed by atoms with Gasteiger partial charge >= 0.3 is 0 Å². The molecule has 2 heterocycles. The summed E-state index contributed by atoms with van der Waals surface area (Å²) < 4.78 is 5.73. The summed E-state index contributed by atoms with van der Waals surface area (Å²) in [5.74, 6) is 1.05. The van der Waals surface area contributed by atoms with Crippen LogP contribution >= 0.6 is 11.3 Å². The van der Waals surface area contributed by atoms with Crippen molar-refractivity contribution in [1.29, 1.82) is 0 Å². The maximum absolute atomic E-state index is 5.73. The number of piperidine rings is 1. The van der Waals surface area contributed by atoms with Crippen molar-refractivity contribution in [2.45, 2.75) is 52.6 Å². The molecule has 1 aromatic rings. The molecule has 0 spiro atoms. The van der Waals surface area contributed by atoms with E-state index in [1.807, 2.05) is 6.92 Å². The van der Waals surface area contributed by atoms with Crippen LogP contribution in [-0.2, 0) is 11.2 Å². The van der Waals surface area contributed by atoms with Crippen LogP contribution in [0.2, 0.25) is 0 Å². The molecule has 0 unspecified atom stereocenters. The fourth-order valence-electron chi connectivity index (χ4n) is 2.83. The number of hydrogen-bond acceptors (Lipinski definition) is 4. The van der Waals surface area contributed by atoms with Gasteiger partial charge in [-0.15, -0.1) is 11.3 Å². The highest BCUT2D eigenvalue weighted by Gasteiger charge is 2.21. The van der Waals surface area contributed by atoms with Gasteiger partial charge in [-0.25, -0.2) is 4.98 Å². The summed E-state index contributed by atoms with van der Waals surface area (Å²) in [6, 6.07) is 0. The molecule has 0 saturated carbocycles. The molecule has 6 heteroatoms. The maximum atomic E-state index is 5.73. The molecule has 0 aromatic carbocycles. The molecule has 0 amide bonds. The summed E-state index contributed by atoms with van der Waals surface area (Å²) >= 11 is 1.75. The van der Waals surface area contributed by atoms with Gasteiger partial charge in [-0.05, 0) is 40.0 Å². The van der Waals surface area contributed by atoms with Crippen molar-refractivity contribution >= 4 is 17.3 Å². The van der Waals surface area contributed by atoms with Crippen molar-refractivity contribution in [2.75, 3.05) is 32.8 Å². The Labute approximate surface area is 144 Å². The number of guanidine groups is 1. The first-order valence-corrected chi connectivity index (χ1v) is 9.66. The minimum absolute atomic E-state index is 0.423. The van der Waals surface area contributed by atoms with Crippen molar-refractivity contribution in [3.05, 3.63) is 16.1 Å². The monoisotopic (exact) mass is 338 g/mol. The first-order chi connectivity index (χ1) is 11.2. The van der Waals surface area contributed by atoms with E-state index in [4.69, 9.17) is 9.73 Å². The van der Waals surface area contributed by atoms with Crippen molar-refractivity contribution in [3.63, 3.8) is 0 Å². The highest BCUT2D eigenvalue weighted by atomic mass is 32.1. The van der Waals surface area contributed by atoms with E-state index in [2.05, 4.69) is 34.4 Å². The summed E-state index contributed by atoms with van der Waals surface area (Å²) in [5.41, 5.74) is 1.12. The summed E-state index contributed by atoms with van der Waals surface area (Å²) in [4.78, 5) is 11.7. The second-order valence-electron chi connectivity index (χ2n) is 5.86. The molecule has 1 N–H and O–H groups in total. The lowest BCUT2D eigenvalue weighted by molar-refractivity contribution is 0.0264. The zero-order valence-electron chi connectivity index (χ0n) is 14.7. The van der Waals surface area contributed by atoms with Crippen molar-refractivity contribution in [2.24, 2.45) is 4.99 Å². The predicted molar refractivity (Wildman–Crippen MR) is 97.4 cm³/mol. The number of aromatic nitrogens is 1. The van der Waals surface area contributed by atoms with E-state index in [-0.39, 0.29) is 0 Å². The Balaban J connectivity index is 1.78. The number of rotatable bonds is 7. The van der Waals surface area contributed by atoms with Crippen LogP contribution in [-0.4, -0.2) is 54.7 Å². The third-order valence-electron chi connectivity index (χ3n) is 3.96. The average Bonchev–Trinajstić information content (AvgIpc) is 2.97. The summed E-state index contributed by atoms with van der Waals surface area (Å²) in [5, 5.41) is 6.76. The Morgan fingerprint density at radius 2 is 2.22 bits per heavy atom. The summed E-state index contributed by atoms with van der Waals surface area (Å²) in [6.45, 7) is 10.9. The molecule has 2 rings (SSSR count). The smallest absolute Gasteiger partial charge is 0.193 e. The minimum Gasteiger partial charge on any atom is -0.378 e. The Morgan fingerprint density at radius 3 is 2.83 bits per heavy atom. The van der Waals surface area contributed by atoms with Crippen LogP contribution in [0, 0.1) is 6.92 Å². The van der Waals surface area contributed by atoms with Crippen molar-refractivity contribution in [3.8, 4) is 0 Å². The van der Waals surface area contributed by atoms with Gasteiger partial charge in [-0.2, -0.15) is 0 Å². The molecule has 1 saturated heterocycles. The Bertz CT molecular complexity index is 481. The van der Waals surface area contributed by atoms with Crippen LogP contribution in [0.1, 0.15) is 43.8 Å². The largest absolute Gasteiger partial charge is 0.378 e. The van der Waals surface area contributed by atoms with Gasteiger partial charge in [-0.1, -0.05) is 0 Å². The molecule has 1 fully saturated rings. The van der Waals surface area contributed by atoms with Gasteiger partial charge in [-0.3, -0.25) is 4.99 Å². The Morgan fingerprint density at radius 1 is 1.43 bits per heavy atom. The first kappa shape index (κ1) is 18.2. The molecule has 0 bridgehead atoms. The summed E-state index contributed by atoms with van der Waals surface area (Å²) in [6.07, 6.45) is 4.69. The average molecular weight is 339 g/mol. The van der Waals surface area contributed by atoms with Gasteiger partial charge in [0.25, 0.3) is 0 Å². The van der Waals surface area contributed by atoms with Gasteiger partial charge in [0.15, 0.2) is 5.96 Å². The van der Waals surface area contributed by atoms with Gasteiger partial charge in [0.2, 0.25) is 0 Å². The van der Waals surface area contributed by atoms with Crippen LogP contribution < -0.4 is 5.32 Å². The quantitative estimate of drug-likeness (QED) is 0.472. The molecule has 0 radical (unpaired) electrons. The molecule has 5 nitrogen and oxygen atoms in total. The van der Waals surface area contributed by atoms with Crippen molar-refractivity contribution < 1.29 is 4.74 Å².